The first-order chi connectivity index (χ1) is 32.4. The van der Waals surface area contributed by atoms with Gasteiger partial charge in [-0.3, -0.25) is 0 Å². The van der Waals surface area contributed by atoms with Gasteiger partial charge in [0, 0.05) is 49.5 Å². The number of aromatic nitrogens is 4. The van der Waals surface area contributed by atoms with Crippen LogP contribution >= 0.6 is 0 Å². The van der Waals surface area contributed by atoms with Gasteiger partial charge in [0.15, 0.2) is 5.82 Å². The fourth-order valence-electron chi connectivity index (χ4n) is 10.0. The predicted molar refractivity (Wildman–Crippen MR) is 278 cm³/mol. The van der Waals surface area contributed by atoms with E-state index < -0.39 is 0 Å². The van der Waals surface area contributed by atoms with E-state index in [9.17, 15) is 0 Å². The molecule has 4 nitrogen and oxygen atoms in total. The zero-order valence-corrected chi connectivity index (χ0v) is 37.4. The quantitative estimate of drug-likeness (QED) is 0.160. The number of hydrogen-bond donors (Lipinski definition) is 0. The molecule has 11 aromatic rings. The largest absolute Gasteiger partial charge is 0.309 e. The van der Waals surface area contributed by atoms with Crippen molar-refractivity contribution in [1.29, 1.82) is 0 Å². The average molecular weight is 849 g/mol. The normalized spacial score (nSPS) is 13.0. The topological polar surface area (TPSA) is 35.6 Å². The highest BCUT2D eigenvalue weighted by Gasteiger charge is 2.25. The van der Waals surface area contributed by atoms with Gasteiger partial charge in [0.05, 0.1) is 39.1 Å². The van der Waals surface area contributed by atoms with Gasteiger partial charge in [0.2, 0.25) is 0 Å². The number of rotatable bonds is 7. The van der Waals surface area contributed by atoms with Gasteiger partial charge < -0.3 is 9.13 Å². The van der Waals surface area contributed by atoms with Gasteiger partial charge in [-0.05, 0) is 95.1 Å². The van der Waals surface area contributed by atoms with Crippen LogP contribution in [-0.2, 0) is 5.41 Å². The van der Waals surface area contributed by atoms with Crippen LogP contribution in [0.2, 0.25) is 0 Å². The zero-order chi connectivity index (χ0) is 44.4. The second-order valence-electron chi connectivity index (χ2n) is 18.5. The Morgan fingerprint density at radius 1 is 0.424 bits per heavy atom. The summed E-state index contributed by atoms with van der Waals surface area (Å²) in [6, 6.07) is 70.7. The number of hydrogen-bond acceptors (Lipinski definition) is 2. The van der Waals surface area contributed by atoms with Crippen LogP contribution in [0.25, 0.3) is 105 Å². The molecule has 1 aliphatic carbocycles. The Morgan fingerprint density at radius 2 is 0.985 bits per heavy atom. The zero-order valence-electron chi connectivity index (χ0n) is 37.4. The van der Waals surface area contributed by atoms with Crippen molar-refractivity contribution in [3.8, 4) is 56.3 Å². The molecule has 0 saturated carbocycles. The third-order valence-electron chi connectivity index (χ3n) is 13.3. The molecule has 3 aromatic heterocycles. The first-order valence-electron chi connectivity index (χ1n) is 23.1. The lowest BCUT2D eigenvalue weighted by atomic mass is 9.86. The molecule has 0 bridgehead atoms. The van der Waals surface area contributed by atoms with Gasteiger partial charge >= 0.3 is 0 Å². The molecule has 0 amide bonds. The Kier molecular flexibility index (Phi) is 9.50. The lowest BCUT2D eigenvalue weighted by Crippen LogP contribution is -2.10. The van der Waals surface area contributed by atoms with Crippen molar-refractivity contribution < 1.29 is 0 Å². The van der Waals surface area contributed by atoms with Crippen LogP contribution < -0.4 is 0 Å². The SMILES string of the molecule is CC(C)(C)c1ccc2c(c1)c1ccc(-n3c4ccccc4c4ccccc43)cc1n2-c1c(-c2ccccc2)cc(-c2cc(C3=CCCC=C3)nc(-c3ccccc3)n2)cc1-c1ccccc1. The fraction of sp³-hybridized carbons (Fsp3) is 0.0968. The maximum absolute atomic E-state index is 5.38. The summed E-state index contributed by atoms with van der Waals surface area (Å²) in [5, 5.41) is 4.94. The summed E-state index contributed by atoms with van der Waals surface area (Å²) in [7, 11) is 0. The maximum Gasteiger partial charge on any atom is 0.160 e. The van der Waals surface area contributed by atoms with Crippen molar-refractivity contribution >= 4 is 49.2 Å². The van der Waals surface area contributed by atoms with Crippen LogP contribution in [-0.4, -0.2) is 19.1 Å². The highest BCUT2D eigenvalue weighted by molar-refractivity contribution is 6.13. The summed E-state index contributed by atoms with van der Waals surface area (Å²) in [6.07, 6.45) is 8.79. The van der Waals surface area contributed by atoms with Crippen molar-refractivity contribution in [3.05, 3.63) is 224 Å². The van der Waals surface area contributed by atoms with E-state index in [1.165, 1.54) is 38.1 Å². The minimum absolute atomic E-state index is 0.0317. The van der Waals surface area contributed by atoms with Crippen LogP contribution in [0.4, 0.5) is 0 Å². The molecule has 316 valence electrons. The van der Waals surface area contributed by atoms with E-state index in [1.54, 1.807) is 0 Å². The van der Waals surface area contributed by atoms with E-state index in [4.69, 9.17) is 9.97 Å². The minimum atomic E-state index is -0.0317. The molecule has 8 aromatic carbocycles. The van der Waals surface area contributed by atoms with Crippen molar-refractivity contribution in [1.82, 2.24) is 19.1 Å². The van der Waals surface area contributed by atoms with Gasteiger partial charge in [-0.1, -0.05) is 179 Å². The van der Waals surface area contributed by atoms with Crippen LogP contribution in [0, 0.1) is 0 Å². The minimum Gasteiger partial charge on any atom is -0.309 e. The molecule has 0 spiro atoms. The number of allylic oxidation sites excluding steroid dienone is 4. The first kappa shape index (κ1) is 39.5. The van der Waals surface area contributed by atoms with Gasteiger partial charge in [-0.25, -0.2) is 9.97 Å². The molecule has 4 heteroatoms. The number of fused-ring (bicyclic) bond motifs is 6. The van der Waals surface area contributed by atoms with Crippen LogP contribution in [0.1, 0.15) is 44.9 Å². The average Bonchev–Trinajstić information content (AvgIpc) is 3.88. The molecule has 0 unspecified atom stereocenters. The molecular weight excluding hydrogens is 801 g/mol. The predicted octanol–water partition coefficient (Wildman–Crippen LogP) is 16.4. The second kappa shape index (κ2) is 15.9. The molecule has 66 heavy (non-hydrogen) atoms. The smallest absolute Gasteiger partial charge is 0.160 e. The Hall–Kier alpha value is -8.08. The van der Waals surface area contributed by atoms with E-state index in [0.29, 0.717) is 5.82 Å². The fourth-order valence-corrected chi connectivity index (χ4v) is 10.0. The highest BCUT2D eigenvalue weighted by atomic mass is 15.0. The lowest BCUT2D eigenvalue weighted by Gasteiger charge is -2.22. The molecule has 0 saturated heterocycles. The highest BCUT2D eigenvalue weighted by Crippen LogP contribution is 2.45. The van der Waals surface area contributed by atoms with Crippen molar-refractivity contribution in [2.75, 3.05) is 0 Å². The van der Waals surface area contributed by atoms with Crippen LogP contribution in [0.15, 0.2) is 212 Å². The summed E-state index contributed by atoms with van der Waals surface area (Å²) in [4.78, 5) is 10.6. The first-order valence-corrected chi connectivity index (χ1v) is 23.1. The van der Waals surface area contributed by atoms with Gasteiger partial charge in [0.25, 0.3) is 0 Å². The summed E-state index contributed by atoms with van der Waals surface area (Å²) in [5.74, 6) is 0.712. The Balaban J connectivity index is 1.20. The third kappa shape index (κ3) is 6.76. The van der Waals surface area contributed by atoms with Crippen molar-refractivity contribution in [3.63, 3.8) is 0 Å². The van der Waals surface area contributed by atoms with E-state index in [2.05, 4.69) is 236 Å². The van der Waals surface area contributed by atoms with Gasteiger partial charge in [-0.15, -0.1) is 0 Å². The molecule has 3 heterocycles. The summed E-state index contributed by atoms with van der Waals surface area (Å²) >= 11 is 0. The Bertz CT molecular complexity index is 3600. The summed E-state index contributed by atoms with van der Waals surface area (Å²) < 4.78 is 4.97. The molecule has 12 rings (SSSR count). The second-order valence-corrected chi connectivity index (χ2v) is 18.5. The van der Waals surface area contributed by atoms with Gasteiger partial charge in [0.1, 0.15) is 0 Å². The third-order valence-corrected chi connectivity index (χ3v) is 13.3. The molecule has 0 radical (unpaired) electrons. The van der Waals surface area contributed by atoms with E-state index in [-0.39, 0.29) is 5.41 Å². The van der Waals surface area contributed by atoms with E-state index >= 15 is 0 Å². The molecule has 0 fully saturated rings. The van der Waals surface area contributed by atoms with Crippen LogP contribution in [0.5, 0.6) is 0 Å². The molecule has 0 atom stereocenters. The van der Waals surface area contributed by atoms with Gasteiger partial charge in [-0.2, -0.15) is 0 Å². The monoisotopic (exact) mass is 848 g/mol. The summed E-state index contributed by atoms with van der Waals surface area (Å²) in [5.41, 5.74) is 17.6. The lowest BCUT2D eigenvalue weighted by molar-refractivity contribution is 0.591. The number of benzene rings is 8. The molecule has 1 aliphatic rings. The number of nitrogens with zero attached hydrogens (tertiary/aromatic N) is 4. The number of para-hydroxylation sites is 2. The van der Waals surface area contributed by atoms with Crippen molar-refractivity contribution in [2.24, 2.45) is 0 Å². The standard InChI is InChI=1S/C62H48N4/c1-62(2,3)46-32-35-58-53(38-46)50-34-33-47(65-56-30-18-16-28-48(56)49-29-17-19-31-57(49)65)39-59(50)66(58)60-51(41-20-8-4-9-21-41)36-45(37-52(60)42-22-10-5-11-23-42)55-40-54(43-24-12-6-13-25-43)63-61(64-55)44-26-14-7-15-27-44/h4-5,7-12,14-40H,6,13H2,1-3H3. The summed E-state index contributed by atoms with van der Waals surface area (Å²) in [6.45, 7) is 6.91. The van der Waals surface area contributed by atoms with Crippen LogP contribution in [0.3, 0.4) is 0 Å². The van der Waals surface area contributed by atoms with E-state index in [0.717, 1.165) is 85.6 Å². The molecule has 0 aliphatic heterocycles. The molecule has 0 N–H and O–H groups in total. The maximum atomic E-state index is 5.38. The van der Waals surface area contributed by atoms with Crippen molar-refractivity contribution in [2.45, 2.75) is 39.0 Å². The van der Waals surface area contributed by atoms with E-state index in [1.807, 2.05) is 6.07 Å². The Labute approximate surface area is 385 Å². The Morgan fingerprint density at radius 3 is 1.59 bits per heavy atom. The molecular formula is C62H48N4.